The Kier molecular flexibility index (Phi) is 11.0. The van der Waals surface area contributed by atoms with Gasteiger partial charge in [-0.05, 0) is 70.8 Å². The number of fused-ring (bicyclic) bond motifs is 2. The Morgan fingerprint density at radius 3 is 1.17 bits per heavy atom. The summed E-state index contributed by atoms with van der Waals surface area (Å²) in [5.74, 6) is -4.27. The topological polar surface area (TPSA) is 359 Å². The van der Waals surface area contributed by atoms with Gasteiger partial charge in [0.05, 0.1) is 46.5 Å². The van der Waals surface area contributed by atoms with Crippen LogP contribution in [0.2, 0.25) is 0 Å². The largest absolute Gasteiger partial charge is 0.507 e. The summed E-state index contributed by atoms with van der Waals surface area (Å²) >= 11 is 0. The second kappa shape index (κ2) is 15.3. The molecule has 0 amide bonds. The van der Waals surface area contributed by atoms with E-state index in [1.54, 1.807) is 0 Å². The number of carbonyl (C=O) groups is 2. The summed E-state index contributed by atoms with van der Waals surface area (Å²) in [5.41, 5.74) is 1.96. The van der Waals surface area contributed by atoms with Crippen LogP contribution in [0.4, 0.5) is 11.4 Å². The van der Waals surface area contributed by atoms with Crippen LogP contribution >= 0.6 is 0 Å². The molecule has 0 aliphatic heterocycles. The van der Waals surface area contributed by atoms with E-state index in [1.807, 2.05) is 0 Å². The number of carbonyl (C=O) groups excluding carboxylic acids is 2. The van der Waals surface area contributed by atoms with E-state index in [1.165, 1.54) is 50.6 Å². The molecule has 0 radical (unpaired) electrons. The molecule has 314 valence electrons. The first-order valence-electron chi connectivity index (χ1n) is 16.0. The van der Waals surface area contributed by atoms with Crippen LogP contribution in [0.5, 0.6) is 23.0 Å². The molecule has 60 heavy (non-hydrogen) atoms. The van der Waals surface area contributed by atoms with Gasteiger partial charge in [0.2, 0.25) is 11.6 Å². The van der Waals surface area contributed by atoms with Crippen molar-refractivity contribution in [2.75, 3.05) is 25.1 Å². The van der Waals surface area contributed by atoms with Gasteiger partial charge in [-0.2, -0.15) is 43.9 Å². The molecular weight excluding hydrogens is 881 g/mol. The standard InChI is InChI=1S/C34H26N4O18S4/c1-55-25-9-15(3-5-21(25)35-37-31-27(59(49,50)51)11-17-7-19(57(43,44)45)13-23(39)29(17)33(31)41)16-4-6-22(26(10-16)56-2)36-38-32-28(60(52,53)54)12-18-8-20(58(46,47)48)14-24(40)30(18)34(32)42/h3-14,35-36,39-40H,1-2H3,(H,43,44,45)(H,46,47,48)(H,49,50,51)(H,52,53,54)/b37-31-,38-32-. The van der Waals surface area contributed by atoms with Crippen molar-refractivity contribution in [3.8, 4) is 34.1 Å². The van der Waals surface area contributed by atoms with E-state index in [0.717, 1.165) is 0 Å². The number of nitrogens with one attached hydrogen (secondary N) is 2. The van der Waals surface area contributed by atoms with Crippen molar-refractivity contribution in [2.24, 2.45) is 10.2 Å². The van der Waals surface area contributed by atoms with Gasteiger partial charge in [0.1, 0.15) is 32.8 Å². The molecule has 0 heterocycles. The normalized spacial score (nSPS) is 15.8. The third-order valence-corrected chi connectivity index (χ3v) is 12.0. The predicted octanol–water partition coefficient (Wildman–Crippen LogP) is 3.06. The molecule has 0 saturated carbocycles. The summed E-state index contributed by atoms with van der Waals surface area (Å²) in [6.07, 6.45) is 1.34. The van der Waals surface area contributed by atoms with E-state index >= 15 is 0 Å². The van der Waals surface area contributed by atoms with E-state index in [9.17, 15) is 71.7 Å². The highest BCUT2D eigenvalue weighted by Gasteiger charge is 2.37. The van der Waals surface area contributed by atoms with E-state index in [2.05, 4.69) is 21.1 Å². The van der Waals surface area contributed by atoms with Gasteiger partial charge in [0.15, 0.2) is 11.4 Å². The SMILES string of the molecule is COc1cc(-c2ccc(N/N=C3\C(=O)c4c(O)cc(S(=O)(=O)O)cc4C=C3S(=O)(=O)O)c(OC)c2)ccc1N/N=C1\C(=O)c2c(O)cc(S(=O)(=O)O)cc2C=C1S(=O)(=O)O. The second-order valence-electron chi connectivity index (χ2n) is 12.4. The van der Waals surface area contributed by atoms with Crippen molar-refractivity contribution in [1.29, 1.82) is 0 Å². The summed E-state index contributed by atoms with van der Waals surface area (Å²) in [6.45, 7) is 0. The van der Waals surface area contributed by atoms with Crippen LogP contribution in [0, 0.1) is 0 Å². The van der Waals surface area contributed by atoms with Gasteiger partial charge in [-0.3, -0.25) is 38.7 Å². The molecule has 4 aromatic carbocycles. The zero-order chi connectivity index (χ0) is 44.3. The van der Waals surface area contributed by atoms with Crippen molar-refractivity contribution in [3.05, 3.63) is 92.7 Å². The number of hydrogen-bond donors (Lipinski definition) is 8. The van der Waals surface area contributed by atoms with E-state index in [-0.39, 0.29) is 22.9 Å². The molecule has 0 unspecified atom stereocenters. The number of anilines is 2. The number of phenols is 2. The van der Waals surface area contributed by atoms with E-state index in [0.29, 0.717) is 47.5 Å². The number of ketones is 2. The molecule has 2 aliphatic rings. The maximum atomic E-state index is 13.4. The molecule has 2 aliphatic carbocycles. The summed E-state index contributed by atoms with van der Waals surface area (Å²) in [7, 11) is -17.7. The quantitative estimate of drug-likeness (QED) is 0.0791. The number of ether oxygens (including phenoxy) is 2. The lowest BCUT2D eigenvalue weighted by atomic mass is 9.94. The van der Waals surface area contributed by atoms with Gasteiger partial charge in [-0.25, -0.2) is 0 Å². The first-order chi connectivity index (χ1) is 27.8. The van der Waals surface area contributed by atoms with Gasteiger partial charge in [-0.15, -0.1) is 0 Å². The van der Waals surface area contributed by atoms with Crippen LogP contribution in [-0.2, 0) is 40.5 Å². The van der Waals surface area contributed by atoms with E-state index in [4.69, 9.17) is 9.47 Å². The highest BCUT2D eigenvalue weighted by atomic mass is 32.2. The lowest BCUT2D eigenvalue weighted by Gasteiger charge is -2.18. The Bertz CT molecular complexity index is 2960. The molecule has 0 saturated heterocycles. The third kappa shape index (κ3) is 8.33. The average Bonchev–Trinajstić information content (AvgIpc) is 3.14. The number of hydrogen-bond acceptors (Lipinski definition) is 18. The van der Waals surface area contributed by atoms with Crippen molar-refractivity contribution in [2.45, 2.75) is 9.79 Å². The highest BCUT2D eigenvalue weighted by molar-refractivity contribution is 7.91. The first kappa shape index (κ1) is 43.1. The number of allylic oxidation sites excluding steroid dienone is 2. The maximum Gasteiger partial charge on any atom is 0.296 e. The number of Topliss-reactive ketones (excluding diaryl/α,β-unsaturated/α-hetero) is 2. The van der Waals surface area contributed by atoms with Gasteiger partial charge >= 0.3 is 0 Å². The lowest BCUT2D eigenvalue weighted by Crippen LogP contribution is -2.27. The summed E-state index contributed by atoms with van der Waals surface area (Å²) in [4.78, 5) is 22.9. The molecule has 8 N–H and O–H groups in total. The molecule has 0 fully saturated rings. The first-order valence-corrected chi connectivity index (χ1v) is 21.8. The lowest BCUT2D eigenvalue weighted by molar-refractivity contribution is 0.105. The van der Waals surface area contributed by atoms with Crippen LogP contribution in [0.25, 0.3) is 23.3 Å². The number of hydrazone groups is 2. The van der Waals surface area contributed by atoms with Crippen LogP contribution in [0.15, 0.2) is 90.5 Å². The minimum atomic E-state index is -5.20. The Labute approximate surface area is 338 Å². The maximum absolute atomic E-state index is 13.4. The van der Waals surface area contributed by atoms with Crippen molar-refractivity contribution >= 4 is 87.0 Å². The molecular formula is C34H26N4O18S4. The summed E-state index contributed by atoms with van der Waals surface area (Å²) in [5, 5.41) is 28.5. The fourth-order valence-electron chi connectivity index (χ4n) is 5.91. The zero-order valence-electron chi connectivity index (χ0n) is 30.0. The monoisotopic (exact) mass is 906 g/mol. The predicted molar refractivity (Wildman–Crippen MR) is 211 cm³/mol. The number of rotatable bonds is 11. The summed E-state index contributed by atoms with van der Waals surface area (Å²) in [6, 6.07) is 11.3. The molecule has 0 atom stereocenters. The number of phenolic OH excluding ortho intramolecular Hbond substituents is 2. The van der Waals surface area contributed by atoms with Gasteiger partial charge in [-0.1, -0.05) is 12.1 Å². The van der Waals surface area contributed by atoms with Crippen LogP contribution in [-0.4, -0.2) is 99.3 Å². The average molecular weight is 907 g/mol. The number of nitrogens with zero attached hydrogens (tertiary/aromatic N) is 2. The number of aromatic hydroxyl groups is 2. The minimum absolute atomic E-state index is 0.0377. The Hall–Kier alpha value is -6.52. The third-order valence-electron chi connectivity index (χ3n) is 8.63. The molecule has 0 aromatic heterocycles. The molecule has 22 nitrogen and oxygen atoms in total. The van der Waals surface area contributed by atoms with Crippen molar-refractivity contribution < 1.29 is 81.2 Å². The van der Waals surface area contributed by atoms with Crippen LogP contribution < -0.4 is 20.3 Å². The van der Waals surface area contributed by atoms with Crippen molar-refractivity contribution in [1.82, 2.24) is 0 Å². The summed E-state index contributed by atoms with van der Waals surface area (Å²) < 4.78 is 145. The highest BCUT2D eigenvalue weighted by Crippen LogP contribution is 2.38. The fraction of sp³-hybridized carbons (Fsp3) is 0.0588. The smallest absolute Gasteiger partial charge is 0.296 e. The minimum Gasteiger partial charge on any atom is -0.507 e. The van der Waals surface area contributed by atoms with E-state index < -0.39 is 117 Å². The Morgan fingerprint density at radius 2 is 0.867 bits per heavy atom. The molecule has 0 bridgehead atoms. The van der Waals surface area contributed by atoms with Gasteiger partial charge in [0.25, 0.3) is 40.5 Å². The van der Waals surface area contributed by atoms with Crippen LogP contribution in [0.3, 0.4) is 0 Å². The van der Waals surface area contributed by atoms with Gasteiger partial charge < -0.3 is 19.7 Å². The molecule has 4 aromatic rings. The van der Waals surface area contributed by atoms with Crippen LogP contribution in [0.1, 0.15) is 31.8 Å². The fourth-order valence-corrected chi connectivity index (χ4v) is 8.30. The van der Waals surface area contributed by atoms with Crippen molar-refractivity contribution in [3.63, 3.8) is 0 Å². The molecule has 26 heteroatoms. The number of methoxy groups -OCH3 is 2. The molecule has 6 rings (SSSR count). The Morgan fingerprint density at radius 1 is 0.517 bits per heavy atom. The molecule has 0 spiro atoms. The van der Waals surface area contributed by atoms with Gasteiger partial charge in [0, 0.05) is 12.1 Å². The second-order valence-corrected chi connectivity index (χ2v) is 18.0. The zero-order valence-corrected chi connectivity index (χ0v) is 33.3. The Balaban J connectivity index is 1.31. The number of benzene rings is 4.